The third-order valence-electron chi connectivity index (χ3n) is 2.18. The van der Waals surface area contributed by atoms with Gasteiger partial charge in [0.05, 0.1) is 5.75 Å². The molecule has 0 saturated carbocycles. The van der Waals surface area contributed by atoms with Gasteiger partial charge in [0.2, 0.25) is 0 Å². The summed E-state index contributed by atoms with van der Waals surface area (Å²) in [7, 11) is -3.04. The highest BCUT2D eigenvalue weighted by Crippen LogP contribution is 2.16. The summed E-state index contributed by atoms with van der Waals surface area (Å²) in [6, 6.07) is 5.23. The molecule has 6 heteroatoms. The number of halogens is 1. The normalized spacial score (nSPS) is 11.2. The van der Waals surface area contributed by atoms with E-state index < -0.39 is 9.84 Å². The summed E-state index contributed by atoms with van der Waals surface area (Å²) in [4.78, 5) is 11.7. The van der Waals surface area contributed by atoms with Crippen LogP contribution in [0.1, 0.15) is 15.9 Å². The number of benzene rings is 1. The van der Waals surface area contributed by atoms with Crippen molar-refractivity contribution in [1.82, 2.24) is 5.32 Å². The van der Waals surface area contributed by atoms with Gasteiger partial charge in [0, 0.05) is 22.8 Å². The molecule has 1 amide bonds. The Balaban J connectivity index is 2.61. The third-order valence-corrected chi connectivity index (χ3v) is 4.01. The minimum absolute atomic E-state index is 0.0474. The first-order valence-corrected chi connectivity index (χ1v) is 7.87. The highest BCUT2D eigenvalue weighted by atomic mass is 79.9. The number of nitrogens with one attached hydrogen (secondary N) is 1. The first kappa shape index (κ1) is 14.2. The van der Waals surface area contributed by atoms with Crippen molar-refractivity contribution < 1.29 is 13.2 Å². The predicted molar refractivity (Wildman–Crippen MR) is 70.9 cm³/mol. The molecule has 0 bridgehead atoms. The van der Waals surface area contributed by atoms with E-state index in [9.17, 15) is 13.2 Å². The van der Waals surface area contributed by atoms with Crippen molar-refractivity contribution in [3.63, 3.8) is 0 Å². The lowest BCUT2D eigenvalue weighted by Gasteiger charge is -2.06. The highest BCUT2D eigenvalue weighted by Gasteiger charge is 2.08. The second-order valence-electron chi connectivity index (χ2n) is 3.85. The Morgan fingerprint density at radius 3 is 2.59 bits per heavy atom. The number of aryl methyl sites for hydroxylation is 1. The van der Waals surface area contributed by atoms with Crippen molar-refractivity contribution in [2.75, 3.05) is 18.6 Å². The van der Waals surface area contributed by atoms with Crippen molar-refractivity contribution in [2.24, 2.45) is 0 Å². The van der Waals surface area contributed by atoms with Crippen LogP contribution in [0.5, 0.6) is 0 Å². The lowest BCUT2D eigenvalue weighted by atomic mass is 10.1. The molecule has 0 spiro atoms. The largest absolute Gasteiger partial charge is 0.351 e. The zero-order chi connectivity index (χ0) is 13.1. The van der Waals surface area contributed by atoms with E-state index in [-0.39, 0.29) is 18.2 Å². The monoisotopic (exact) mass is 319 g/mol. The van der Waals surface area contributed by atoms with Gasteiger partial charge in [-0.1, -0.05) is 15.9 Å². The maximum atomic E-state index is 11.7. The van der Waals surface area contributed by atoms with Crippen LogP contribution in [0.4, 0.5) is 0 Å². The fourth-order valence-electron chi connectivity index (χ4n) is 1.24. The quantitative estimate of drug-likeness (QED) is 0.915. The van der Waals surface area contributed by atoms with E-state index in [1.54, 1.807) is 18.2 Å². The zero-order valence-corrected chi connectivity index (χ0v) is 12.1. The Labute approximate surface area is 109 Å². The smallest absolute Gasteiger partial charge is 0.251 e. The van der Waals surface area contributed by atoms with Crippen LogP contribution < -0.4 is 5.32 Å². The Morgan fingerprint density at radius 2 is 2.06 bits per heavy atom. The van der Waals surface area contributed by atoms with Crippen LogP contribution in [-0.4, -0.2) is 32.9 Å². The standard InChI is InChI=1S/C11H14BrNO3S/c1-8-7-9(3-4-10(8)12)11(14)13-5-6-17(2,15)16/h3-4,7H,5-6H2,1-2H3,(H,13,14). The molecule has 0 saturated heterocycles. The van der Waals surface area contributed by atoms with Gasteiger partial charge in [-0.15, -0.1) is 0 Å². The molecule has 0 aliphatic carbocycles. The Bertz CT molecular complexity index is 526. The fourth-order valence-corrected chi connectivity index (χ4v) is 1.96. The zero-order valence-electron chi connectivity index (χ0n) is 9.66. The van der Waals surface area contributed by atoms with Gasteiger partial charge >= 0.3 is 0 Å². The van der Waals surface area contributed by atoms with Crippen LogP contribution in [0.2, 0.25) is 0 Å². The molecule has 17 heavy (non-hydrogen) atoms. The molecule has 4 nitrogen and oxygen atoms in total. The molecular weight excluding hydrogens is 306 g/mol. The molecule has 0 heterocycles. The first-order chi connectivity index (χ1) is 7.79. The van der Waals surface area contributed by atoms with E-state index in [1.807, 2.05) is 6.92 Å². The lowest BCUT2D eigenvalue weighted by Crippen LogP contribution is -2.28. The van der Waals surface area contributed by atoms with E-state index in [4.69, 9.17) is 0 Å². The van der Waals surface area contributed by atoms with Gasteiger partial charge in [-0.05, 0) is 30.7 Å². The summed E-state index contributed by atoms with van der Waals surface area (Å²) in [5, 5.41) is 2.57. The molecule has 1 aromatic rings. The second kappa shape index (κ2) is 5.64. The van der Waals surface area contributed by atoms with Crippen LogP contribution >= 0.6 is 15.9 Å². The maximum absolute atomic E-state index is 11.7. The molecule has 1 rings (SSSR count). The van der Waals surface area contributed by atoms with E-state index in [0.717, 1.165) is 16.3 Å². The van der Waals surface area contributed by atoms with E-state index in [1.165, 1.54) is 0 Å². The number of amides is 1. The highest BCUT2D eigenvalue weighted by molar-refractivity contribution is 9.10. The van der Waals surface area contributed by atoms with Crippen molar-refractivity contribution in [3.05, 3.63) is 33.8 Å². The van der Waals surface area contributed by atoms with Gasteiger partial charge in [0.15, 0.2) is 0 Å². The molecule has 1 N–H and O–H groups in total. The molecule has 0 atom stereocenters. The predicted octanol–water partition coefficient (Wildman–Crippen LogP) is 1.53. The van der Waals surface area contributed by atoms with Crippen LogP contribution in [0.25, 0.3) is 0 Å². The summed E-state index contributed by atoms with van der Waals surface area (Å²) >= 11 is 3.35. The molecule has 0 aliphatic heterocycles. The molecule has 0 aliphatic rings. The maximum Gasteiger partial charge on any atom is 0.251 e. The summed E-state index contributed by atoms with van der Waals surface area (Å²) in [6.45, 7) is 2.02. The summed E-state index contributed by atoms with van der Waals surface area (Å²) in [5.74, 6) is -0.307. The average molecular weight is 320 g/mol. The van der Waals surface area contributed by atoms with Gasteiger partial charge in [-0.25, -0.2) is 8.42 Å². The van der Waals surface area contributed by atoms with Crippen LogP contribution in [0, 0.1) is 6.92 Å². The van der Waals surface area contributed by atoms with Gasteiger partial charge in [-0.3, -0.25) is 4.79 Å². The number of hydrogen-bond donors (Lipinski definition) is 1. The topological polar surface area (TPSA) is 63.2 Å². The molecule has 1 aromatic carbocycles. The molecule has 0 radical (unpaired) electrons. The number of hydrogen-bond acceptors (Lipinski definition) is 3. The van der Waals surface area contributed by atoms with E-state index >= 15 is 0 Å². The molecule has 0 aromatic heterocycles. The van der Waals surface area contributed by atoms with Crippen LogP contribution in [0.15, 0.2) is 22.7 Å². The number of rotatable bonds is 4. The summed E-state index contributed by atoms with van der Waals surface area (Å²) < 4.78 is 22.7. The molecule has 94 valence electrons. The van der Waals surface area contributed by atoms with Crippen LogP contribution in [0.3, 0.4) is 0 Å². The van der Waals surface area contributed by atoms with Crippen molar-refractivity contribution >= 4 is 31.7 Å². The average Bonchev–Trinajstić information content (AvgIpc) is 2.20. The first-order valence-electron chi connectivity index (χ1n) is 5.01. The van der Waals surface area contributed by atoms with E-state index in [2.05, 4.69) is 21.2 Å². The fraction of sp³-hybridized carbons (Fsp3) is 0.364. The van der Waals surface area contributed by atoms with Gasteiger partial charge in [0.25, 0.3) is 5.91 Å². The molecule has 0 unspecified atom stereocenters. The molecule has 0 fully saturated rings. The summed E-state index contributed by atoms with van der Waals surface area (Å²) in [6.07, 6.45) is 1.14. The minimum atomic E-state index is -3.04. The van der Waals surface area contributed by atoms with E-state index in [0.29, 0.717) is 5.56 Å². The molecular formula is C11H14BrNO3S. The minimum Gasteiger partial charge on any atom is -0.351 e. The van der Waals surface area contributed by atoms with Gasteiger partial charge in [0.1, 0.15) is 9.84 Å². The third kappa shape index (κ3) is 4.87. The Kier molecular flexibility index (Phi) is 4.70. The van der Waals surface area contributed by atoms with Crippen molar-refractivity contribution in [2.45, 2.75) is 6.92 Å². The van der Waals surface area contributed by atoms with Gasteiger partial charge in [-0.2, -0.15) is 0 Å². The van der Waals surface area contributed by atoms with Crippen LogP contribution in [-0.2, 0) is 9.84 Å². The number of carbonyl (C=O) groups is 1. The lowest BCUT2D eigenvalue weighted by molar-refractivity contribution is 0.0956. The Hall–Kier alpha value is -0.880. The second-order valence-corrected chi connectivity index (χ2v) is 6.96. The summed E-state index contributed by atoms with van der Waals surface area (Å²) in [5.41, 5.74) is 1.49. The Morgan fingerprint density at radius 1 is 1.41 bits per heavy atom. The number of sulfone groups is 1. The SMILES string of the molecule is Cc1cc(C(=O)NCCS(C)(=O)=O)ccc1Br. The van der Waals surface area contributed by atoms with Gasteiger partial charge < -0.3 is 5.32 Å². The van der Waals surface area contributed by atoms with Crippen molar-refractivity contribution in [3.8, 4) is 0 Å². The van der Waals surface area contributed by atoms with Crippen molar-refractivity contribution in [1.29, 1.82) is 0 Å². The number of carbonyl (C=O) groups excluding carboxylic acids is 1.